The summed E-state index contributed by atoms with van der Waals surface area (Å²) in [7, 11) is 0. The third-order valence-electron chi connectivity index (χ3n) is 2.41. The fourth-order valence-corrected chi connectivity index (χ4v) is 2.26. The zero-order chi connectivity index (χ0) is 12.1. The average molecular weight is 238 g/mol. The van der Waals surface area contributed by atoms with Crippen molar-refractivity contribution in [1.29, 1.82) is 0 Å². The van der Waals surface area contributed by atoms with E-state index in [1.165, 1.54) is 22.9 Å². The fraction of sp³-hybridized carbons (Fsp3) is 0.462. The van der Waals surface area contributed by atoms with Crippen molar-refractivity contribution >= 4 is 17.7 Å². The lowest BCUT2D eigenvalue weighted by atomic mass is 10.1. The van der Waals surface area contributed by atoms with Crippen molar-refractivity contribution in [3.63, 3.8) is 0 Å². The van der Waals surface area contributed by atoms with E-state index in [0.29, 0.717) is 6.61 Å². The van der Waals surface area contributed by atoms with Gasteiger partial charge >= 0.3 is 5.97 Å². The molecule has 1 atom stereocenters. The van der Waals surface area contributed by atoms with E-state index >= 15 is 0 Å². The summed E-state index contributed by atoms with van der Waals surface area (Å²) in [6.45, 7) is 8.30. The van der Waals surface area contributed by atoms with Gasteiger partial charge in [-0.2, -0.15) is 0 Å². The minimum absolute atomic E-state index is 0.147. The fourth-order valence-electron chi connectivity index (χ4n) is 1.30. The maximum absolute atomic E-state index is 11.5. The van der Waals surface area contributed by atoms with E-state index in [0.717, 1.165) is 4.90 Å². The zero-order valence-electron chi connectivity index (χ0n) is 10.2. The second-order valence-corrected chi connectivity index (χ2v) is 5.17. The summed E-state index contributed by atoms with van der Waals surface area (Å²) in [4.78, 5) is 12.6. The Morgan fingerprint density at radius 1 is 1.38 bits per heavy atom. The molecule has 88 valence electrons. The number of carbonyl (C=O) groups is 1. The summed E-state index contributed by atoms with van der Waals surface area (Å²) >= 11 is 1.54. The minimum Gasteiger partial charge on any atom is -0.465 e. The van der Waals surface area contributed by atoms with Crippen molar-refractivity contribution < 1.29 is 9.53 Å². The second kappa shape index (κ2) is 5.94. The SMILES string of the molecule is CCOC(=O)[C@@H](C)Sc1ccc(C)c(C)c1. The van der Waals surface area contributed by atoms with Crippen LogP contribution in [0.5, 0.6) is 0 Å². The Labute approximate surface area is 101 Å². The van der Waals surface area contributed by atoms with E-state index in [4.69, 9.17) is 4.74 Å². The Hall–Kier alpha value is -0.960. The first-order valence-corrected chi connectivity index (χ1v) is 6.33. The smallest absolute Gasteiger partial charge is 0.319 e. The van der Waals surface area contributed by atoms with Crippen LogP contribution in [0, 0.1) is 13.8 Å². The standard InChI is InChI=1S/C13H18O2S/c1-5-15-13(14)11(4)16-12-7-6-9(2)10(3)8-12/h6-8,11H,5H2,1-4H3/t11-/m1/s1. The Morgan fingerprint density at radius 3 is 2.62 bits per heavy atom. The van der Waals surface area contributed by atoms with Crippen molar-refractivity contribution in [3.05, 3.63) is 29.3 Å². The Kier molecular flexibility index (Phi) is 4.87. The van der Waals surface area contributed by atoms with Gasteiger partial charge in [-0.05, 0) is 51.0 Å². The van der Waals surface area contributed by atoms with Crippen LogP contribution >= 0.6 is 11.8 Å². The number of thioether (sulfide) groups is 1. The van der Waals surface area contributed by atoms with Crippen molar-refractivity contribution in [2.24, 2.45) is 0 Å². The monoisotopic (exact) mass is 238 g/mol. The van der Waals surface area contributed by atoms with E-state index in [2.05, 4.69) is 26.0 Å². The van der Waals surface area contributed by atoms with Crippen molar-refractivity contribution in [1.82, 2.24) is 0 Å². The van der Waals surface area contributed by atoms with E-state index in [9.17, 15) is 4.79 Å². The minimum atomic E-state index is -0.151. The molecule has 0 aliphatic heterocycles. The molecule has 1 aromatic rings. The lowest BCUT2D eigenvalue weighted by molar-refractivity contribution is -0.142. The molecule has 0 saturated carbocycles. The quantitative estimate of drug-likeness (QED) is 0.594. The number of esters is 1. The van der Waals surface area contributed by atoms with Gasteiger partial charge in [-0.15, -0.1) is 11.8 Å². The van der Waals surface area contributed by atoms with Gasteiger partial charge in [0.25, 0.3) is 0 Å². The molecule has 2 nitrogen and oxygen atoms in total. The number of ether oxygens (including phenoxy) is 1. The summed E-state index contributed by atoms with van der Waals surface area (Å²) < 4.78 is 4.97. The van der Waals surface area contributed by atoms with Gasteiger partial charge in [0.1, 0.15) is 5.25 Å². The Bertz CT molecular complexity index is 374. The lowest BCUT2D eigenvalue weighted by Gasteiger charge is -2.11. The van der Waals surface area contributed by atoms with Gasteiger partial charge in [0, 0.05) is 4.90 Å². The molecule has 0 aliphatic carbocycles. The first-order valence-electron chi connectivity index (χ1n) is 5.45. The molecule has 0 unspecified atom stereocenters. The summed E-state index contributed by atoms with van der Waals surface area (Å²) in [6.07, 6.45) is 0. The molecule has 3 heteroatoms. The van der Waals surface area contributed by atoms with E-state index in [1.54, 1.807) is 0 Å². The van der Waals surface area contributed by atoms with Crippen LogP contribution in [0.2, 0.25) is 0 Å². The van der Waals surface area contributed by atoms with Gasteiger partial charge in [-0.1, -0.05) is 6.07 Å². The van der Waals surface area contributed by atoms with Gasteiger partial charge in [-0.25, -0.2) is 0 Å². The maximum Gasteiger partial charge on any atom is 0.319 e. The molecule has 0 fully saturated rings. The highest BCUT2D eigenvalue weighted by molar-refractivity contribution is 8.00. The molecule has 1 rings (SSSR count). The normalized spacial score (nSPS) is 12.2. The van der Waals surface area contributed by atoms with E-state index < -0.39 is 0 Å². The zero-order valence-corrected chi connectivity index (χ0v) is 11.1. The van der Waals surface area contributed by atoms with E-state index in [1.807, 2.05) is 19.9 Å². The highest BCUT2D eigenvalue weighted by Crippen LogP contribution is 2.25. The van der Waals surface area contributed by atoms with Crippen LogP contribution in [0.1, 0.15) is 25.0 Å². The number of rotatable bonds is 4. The summed E-state index contributed by atoms with van der Waals surface area (Å²) in [5.41, 5.74) is 2.52. The molecule has 0 heterocycles. The third kappa shape index (κ3) is 3.56. The number of hydrogen-bond donors (Lipinski definition) is 0. The molecule has 0 radical (unpaired) electrons. The summed E-state index contributed by atoms with van der Waals surface area (Å²) in [6, 6.07) is 6.23. The molecule has 0 N–H and O–H groups in total. The topological polar surface area (TPSA) is 26.3 Å². The van der Waals surface area contributed by atoms with Gasteiger partial charge in [-0.3, -0.25) is 4.79 Å². The molecule has 16 heavy (non-hydrogen) atoms. The number of aryl methyl sites for hydroxylation is 2. The van der Waals surface area contributed by atoms with Crippen LogP contribution < -0.4 is 0 Å². The van der Waals surface area contributed by atoms with Gasteiger partial charge in [0.05, 0.1) is 6.61 Å². The first-order chi connectivity index (χ1) is 7.54. The van der Waals surface area contributed by atoms with Crippen molar-refractivity contribution in [2.45, 2.75) is 37.8 Å². The Balaban J connectivity index is 2.66. The number of benzene rings is 1. The highest BCUT2D eigenvalue weighted by atomic mass is 32.2. The number of hydrogen-bond acceptors (Lipinski definition) is 3. The van der Waals surface area contributed by atoms with Crippen LogP contribution in [-0.2, 0) is 9.53 Å². The van der Waals surface area contributed by atoms with Crippen LogP contribution in [0.15, 0.2) is 23.1 Å². The van der Waals surface area contributed by atoms with Crippen LogP contribution in [0.25, 0.3) is 0 Å². The molecule has 0 spiro atoms. The average Bonchev–Trinajstić information content (AvgIpc) is 2.24. The molecule has 0 amide bonds. The molecule has 0 saturated heterocycles. The van der Waals surface area contributed by atoms with Gasteiger partial charge in [0.2, 0.25) is 0 Å². The van der Waals surface area contributed by atoms with Crippen molar-refractivity contribution in [3.8, 4) is 0 Å². The molecular formula is C13H18O2S. The summed E-state index contributed by atoms with van der Waals surface area (Å²) in [5.74, 6) is -0.147. The van der Waals surface area contributed by atoms with Crippen LogP contribution in [0.3, 0.4) is 0 Å². The highest BCUT2D eigenvalue weighted by Gasteiger charge is 2.15. The van der Waals surface area contributed by atoms with Crippen molar-refractivity contribution in [2.75, 3.05) is 6.61 Å². The van der Waals surface area contributed by atoms with E-state index in [-0.39, 0.29) is 11.2 Å². The summed E-state index contributed by atoms with van der Waals surface area (Å²) in [5, 5.41) is -0.151. The molecular weight excluding hydrogens is 220 g/mol. The molecule has 0 bridgehead atoms. The van der Waals surface area contributed by atoms with Crippen LogP contribution in [-0.4, -0.2) is 17.8 Å². The predicted molar refractivity (Wildman–Crippen MR) is 67.9 cm³/mol. The third-order valence-corrected chi connectivity index (χ3v) is 3.48. The Morgan fingerprint density at radius 2 is 2.06 bits per heavy atom. The van der Waals surface area contributed by atoms with Gasteiger partial charge in [0.15, 0.2) is 0 Å². The largest absolute Gasteiger partial charge is 0.465 e. The molecule has 1 aromatic carbocycles. The first kappa shape index (κ1) is 13.1. The van der Waals surface area contributed by atoms with Crippen LogP contribution in [0.4, 0.5) is 0 Å². The molecule has 0 aromatic heterocycles. The number of carbonyl (C=O) groups excluding carboxylic acids is 1. The maximum atomic E-state index is 11.5. The second-order valence-electron chi connectivity index (χ2n) is 3.76. The predicted octanol–water partition coefficient (Wildman–Crippen LogP) is 3.35. The molecule has 0 aliphatic rings. The van der Waals surface area contributed by atoms with Gasteiger partial charge < -0.3 is 4.74 Å². The lowest BCUT2D eigenvalue weighted by Crippen LogP contribution is -2.16.